The zero-order valence-corrected chi connectivity index (χ0v) is 9.45. The van der Waals surface area contributed by atoms with Crippen LogP contribution in [-0.4, -0.2) is 5.11 Å². The van der Waals surface area contributed by atoms with Gasteiger partial charge in [0, 0.05) is 6.07 Å². The van der Waals surface area contributed by atoms with Crippen molar-refractivity contribution in [3.05, 3.63) is 39.4 Å². The van der Waals surface area contributed by atoms with E-state index in [9.17, 15) is 9.90 Å². The summed E-state index contributed by atoms with van der Waals surface area (Å²) in [6.07, 6.45) is 1.46. The molecule has 5 heteroatoms. The van der Waals surface area contributed by atoms with E-state index in [0.717, 1.165) is 0 Å². The SMILES string of the molecule is O=c1ccc2c(O)c3ccoc3c(Br)c2o1. The Balaban J connectivity index is 2.70. The van der Waals surface area contributed by atoms with Crippen molar-refractivity contribution < 1.29 is 13.9 Å². The average Bonchev–Trinajstić information content (AvgIpc) is 2.75. The molecule has 0 atom stereocenters. The lowest BCUT2D eigenvalue weighted by Gasteiger charge is -2.02. The monoisotopic (exact) mass is 280 g/mol. The number of phenols is 1. The van der Waals surface area contributed by atoms with E-state index >= 15 is 0 Å². The first kappa shape index (κ1) is 9.47. The lowest BCUT2D eigenvalue weighted by molar-refractivity contribution is 0.484. The number of hydrogen-bond donors (Lipinski definition) is 1. The number of hydrogen-bond acceptors (Lipinski definition) is 4. The minimum absolute atomic E-state index is 0.0469. The normalized spacial score (nSPS) is 11.3. The Morgan fingerprint density at radius 3 is 2.69 bits per heavy atom. The molecule has 0 unspecified atom stereocenters. The van der Waals surface area contributed by atoms with Crippen molar-refractivity contribution in [2.75, 3.05) is 0 Å². The Morgan fingerprint density at radius 2 is 1.88 bits per heavy atom. The van der Waals surface area contributed by atoms with Gasteiger partial charge in [0.15, 0.2) is 11.2 Å². The number of aromatic hydroxyl groups is 1. The van der Waals surface area contributed by atoms with Crippen molar-refractivity contribution >= 4 is 37.9 Å². The summed E-state index contributed by atoms with van der Waals surface area (Å²) in [7, 11) is 0. The van der Waals surface area contributed by atoms with Crippen LogP contribution >= 0.6 is 15.9 Å². The lowest BCUT2D eigenvalue weighted by atomic mass is 10.1. The second kappa shape index (κ2) is 3.12. The molecule has 0 aliphatic heterocycles. The smallest absolute Gasteiger partial charge is 0.336 e. The number of fused-ring (bicyclic) bond motifs is 2. The standard InChI is InChI=1S/C11H5BrO4/c12-8-10-6(3-4-15-10)9(14)5-1-2-7(13)16-11(5)8/h1-4,14H. The van der Waals surface area contributed by atoms with Crippen LogP contribution in [0, 0.1) is 0 Å². The molecule has 0 radical (unpaired) electrons. The van der Waals surface area contributed by atoms with Gasteiger partial charge in [0.25, 0.3) is 0 Å². The predicted octanol–water partition coefficient (Wildman–Crippen LogP) is 3.01. The summed E-state index contributed by atoms with van der Waals surface area (Å²) in [4.78, 5) is 11.1. The molecule has 1 N–H and O–H groups in total. The molecule has 0 saturated heterocycles. The van der Waals surface area contributed by atoms with Gasteiger partial charge in [0.2, 0.25) is 0 Å². The highest BCUT2D eigenvalue weighted by Gasteiger charge is 2.16. The molecule has 3 aromatic rings. The largest absolute Gasteiger partial charge is 0.506 e. The quantitative estimate of drug-likeness (QED) is 0.643. The van der Waals surface area contributed by atoms with Crippen LogP contribution in [0.5, 0.6) is 5.75 Å². The van der Waals surface area contributed by atoms with Crippen LogP contribution in [0.2, 0.25) is 0 Å². The molecule has 80 valence electrons. The molecule has 0 bridgehead atoms. The van der Waals surface area contributed by atoms with Crippen LogP contribution in [-0.2, 0) is 0 Å². The average molecular weight is 281 g/mol. The van der Waals surface area contributed by atoms with E-state index in [-0.39, 0.29) is 11.3 Å². The zero-order valence-electron chi connectivity index (χ0n) is 7.86. The van der Waals surface area contributed by atoms with Gasteiger partial charge >= 0.3 is 5.63 Å². The van der Waals surface area contributed by atoms with E-state index in [1.807, 2.05) is 0 Å². The third-order valence-corrected chi connectivity index (χ3v) is 3.13. The molecule has 0 aliphatic rings. The van der Waals surface area contributed by atoms with Crippen molar-refractivity contribution in [2.24, 2.45) is 0 Å². The fraction of sp³-hybridized carbons (Fsp3) is 0. The van der Waals surface area contributed by atoms with Gasteiger partial charge in [-0.05, 0) is 28.1 Å². The number of furan rings is 1. The summed E-state index contributed by atoms with van der Waals surface area (Å²) in [5.41, 5.74) is 0.269. The topological polar surface area (TPSA) is 63.6 Å². The Bertz CT molecular complexity index is 754. The Hall–Kier alpha value is -1.75. The van der Waals surface area contributed by atoms with E-state index in [0.29, 0.717) is 20.8 Å². The van der Waals surface area contributed by atoms with Gasteiger partial charge < -0.3 is 13.9 Å². The Kier molecular flexibility index (Phi) is 1.85. The van der Waals surface area contributed by atoms with Gasteiger partial charge in [-0.15, -0.1) is 0 Å². The minimum Gasteiger partial charge on any atom is -0.506 e. The molecular weight excluding hydrogens is 276 g/mol. The molecule has 1 aromatic carbocycles. The van der Waals surface area contributed by atoms with Crippen molar-refractivity contribution in [3.63, 3.8) is 0 Å². The highest BCUT2D eigenvalue weighted by molar-refractivity contribution is 9.10. The van der Waals surface area contributed by atoms with Gasteiger partial charge in [-0.2, -0.15) is 0 Å². The Labute approximate surface area is 97.2 Å². The van der Waals surface area contributed by atoms with Gasteiger partial charge in [-0.1, -0.05) is 0 Å². The van der Waals surface area contributed by atoms with Crippen molar-refractivity contribution in [1.82, 2.24) is 0 Å². The second-order valence-electron chi connectivity index (χ2n) is 3.32. The van der Waals surface area contributed by atoms with E-state index in [4.69, 9.17) is 8.83 Å². The van der Waals surface area contributed by atoms with Gasteiger partial charge in [-0.3, -0.25) is 0 Å². The van der Waals surface area contributed by atoms with Crippen LogP contribution < -0.4 is 5.63 Å². The second-order valence-corrected chi connectivity index (χ2v) is 4.12. The number of halogens is 1. The fourth-order valence-corrected chi connectivity index (χ4v) is 2.28. The molecule has 2 aromatic heterocycles. The van der Waals surface area contributed by atoms with E-state index < -0.39 is 5.63 Å². The van der Waals surface area contributed by atoms with Crippen LogP contribution in [0.25, 0.3) is 21.9 Å². The van der Waals surface area contributed by atoms with E-state index in [1.54, 1.807) is 6.07 Å². The third-order valence-electron chi connectivity index (χ3n) is 2.41. The van der Waals surface area contributed by atoms with Crippen molar-refractivity contribution in [3.8, 4) is 5.75 Å². The molecule has 0 saturated carbocycles. The van der Waals surface area contributed by atoms with Gasteiger partial charge in [0.1, 0.15) is 10.2 Å². The molecule has 0 spiro atoms. The van der Waals surface area contributed by atoms with Crippen molar-refractivity contribution in [2.45, 2.75) is 0 Å². The predicted molar refractivity (Wildman–Crippen MR) is 61.6 cm³/mol. The maximum absolute atomic E-state index is 11.1. The van der Waals surface area contributed by atoms with Crippen LogP contribution in [0.4, 0.5) is 0 Å². The van der Waals surface area contributed by atoms with E-state index in [2.05, 4.69) is 15.9 Å². The first-order valence-electron chi connectivity index (χ1n) is 4.50. The van der Waals surface area contributed by atoms with Crippen molar-refractivity contribution in [1.29, 1.82) is 0 Å². The molecule has 2 heterocycles. The molecule has 3 rings (SSSR count). The zero-order chi connectivity index (χ0) is 11.3. The number of phenolic OH excluding ortho intramolecular Hbond substituents is 1. The lowest BCUT2D eigenvalue weighted by Crippen LogP contribution is -1.95. The summed E-state index contributed by atoms with van der Waals surface area (Å²) in [5.74, 6) is 0.0469. The highest BCUT2D eigenvalue weighted by atomic mass is 79.9. The van der Waals surface area contributed by atoms with Gasteiger partial charge in [0.05, 0.1) is 17.0 Å². The summed E-state index contributed by atoms with van der Waals surface area (Å²) < 4.78 is 10.8. The molecule has 0 aliphatic carbocycles. The highest BCUT2D eigenvalue weighted by Crippen LogP contribution is 2.39. The van der Waals surface area contributed by atoms with Crippen LogP contribution in [0.3, 0.4) is 0 Å². The third kappa shape index (κ3) is 1.12. The number of benzene rings is 1. The van der Waals surface area contributed by atoms with E-state index in [1.165, 1.54) is 18.4 Å². The summed E-state index contributed by atoms with van der Waals surface area (Å²) in [6, 6.07) is 4.44. The Morgan fingerprint density at radius 1 is 1.12 bits per heavy atom. The maximum Gasteiger partial charge on any atom is 0.336 e. The molecular formula is C11H5BrO4. The molecule has 0 fully saturated rings. The summed E-state index contributed by atoms with van der Waals surface area (Å²) in [6.45, 7) is 0. The maximum atomic E-state index is 11.1. The summed E-state index contributed by atoms with van der Waals surface area (Å²) >= 11 is 3.29. The first-order valence-corrected chi connectivity index (χ1v) is 5.29. The van der Waals surface area contributed by atoms with Crippen LogP contribution in [0.15, 0.2) is 42.6 Å². The first-order chi connectivity index (χ1) is 7.68. The minimum atomic E-state index is -0.474. The molecule has 0 amide bonds. The number of rotatable bonds is 0. The fourth-order valence-electron chi connectivity index (χ4n) is 1.68. The molecule has 16 heavy (non-hydrogen) atoms. The summed E-state index contributed by atoms with van der Waals surface area (Å²) in [5, 5.41) is 11.0. The van der Waals surface area contributed by atoms with Gasteiger partial charge in [-0.25, -0.2) is 4.79 Å². The molecule has 4 nitrogen and oxygen atoms in total. The van der Waals surface area contributed by atoms with Crippen LogP contribution in [0.1, 0.15) is 0 Å².